The molecule has 5 fully saturated rings. The van der Waals surface area contributed by atoms with Gasteiger partial charge in [-0.3, -0.25) is 4.90 Å². The number of hydrogen-bond donors (Lipinski definition) is 2. The number of aliphatic hydroxyl groups excluding tert-OH is 1. The Morgan fingerprint density at radius 3 is 2.53 bits per heavy atom. The highest BCUT2D eigenvalue weighted by Crippen LogP contribution is 2.67. The summed E-state index contributed by atoms with van der Waals surface area (Å²) in [7, 11) is 0. The molecule has 0 aromatic heterocycles. The summed E-state index contributed by atoms with van der Waals surface area (Å²) in [6.07, 6.45) is 12.5. The van der Waals surface area contributed by atoms with Crippen molar-refractivity contribution < 1.29 is 14.9 Å². The summed E-state index contributed by atoms with van der Waals surface area (Å²) in [5, 5.41) is 23.0. The Bertz CT molecular complexity index is 959. The minimum atomic E-state index is -0.774. The number of hydrogen-bond acceptors (Lipinski definition) is 4. The van der Waals surface area contributed by atoms with Crippen molar-refractivity contribution in [2.45, 2.75) is 103 Å². The lowest BCUT2D eigenvalue weighted by Crippen LogP contribution is -2.56. The van der Waals surface area contributed by atoms with Gasteiger partial charge >= 0.3 is 0 Å². The molecule has 8 atom stereocenters. The van der Waals surface area contributed by atoms with Crippen LogP contribution in [0.3, 0.4) is 0 Å². The first-order valence-electron chi connectivity index (χ1n) is 15.1. The fourth-order valence-electron chi connectivity index (χ4n) is 9.97. The molecule has 3 unspecified atom stereocenters. The quantitative estimate of drug-likeness (QED) is 0.521. The lowest BCUT2D eigenvalue weighted by Gasteiger charge is -2.62. The number of likely N-dealkylation sites (tertiary alicyclic amines) is 1. The highest BCUT2D eigenvalue weighted by Gasteiger charge is 2.61. The first-order valence-corrected chi connectivity index (χ1v) is 15.1. The molecule has 200 valence electrons. The van der Waals surface area contributed by atoms with Crippen molar-refractivity contribution >= 4 is 0 Å². The van der Waals surface area contributed by atoms with Gasteiger partial charge in [0.2, 0.25) is 0 Å². The van der Waals surface area contributed by atoms with Crippen molar-refractivity contribution in [1.82, 2.24) is 4.90 Å². The van der Waals surface area contributed by atoms with Gasteiger partial charge in [-0.2, -0.15) is 0 Å². The molecule has 0 bridgehead atoms. The Labute approximate surface area is 218 Å². The van der Waals surface area contributed by atoms with Crippen LogP contribution in [0.5, 0.6) is 5.75 Å². The van der Waals surface area contributed by atoms with Gasteiger partial charge in [-0.25, -0.2) is 0 Å². The number of fused-ring (bicyclic) bond motifs is 5. The van der Waals surface area contributed by atoms with Gasteiger partial charge in [0, 0.05) is 6.54 Å². The van der Waals surface area contributed by atoms with E-state index in [4.69, 9.17) is 4.74 Å². The number of nitrogens with zero attached hydrogens (tertiary/aromatic N) is 1. The van der Waals surface area contributed by atoms with E-state index >= 15 is 0 Å². The minimum absolute atomic E-state index is 0.117. The highest BCUT2D eigenvalue weighted by molar-refractivity contribution is 5.39. The Morgan fingerprint density at radius 1 is 0.944 bits per heavy atom. The molecule has 4 heteroatoms. The first kappa shape index (κ1) is 25.2. The number of benzene rings is 1. The summed E-state index contributed by atoms with van der Waals surface area (Å²) in [6.45, 7) is 11.1. The number of aryl methyl sites for hydroxylation is 1. The number of aliphatic hydroxyl groups is 2. The average Bonchev–Trinajstić information content (AvgIpc) is 3.47. The zero-order valence-electron chi connectivity index (χ0n) is 23.0. The van der Waals surface area contributed by atoms with Crippen molar-refractivity contribution in [3.63, 3.8) is 0 Å². The molecule has 4 aliphatic carbocycles. The normalized spacial score (nSPS) is 44.6. The van der Waals surface area contributed by atoms with E-state index in [9.17, 15) is 10.2 Å². The molecule has 0 spiro atoms. The zero-order valence-corrected chi connectivity index (χ0v) is 23.0. The van der Waals surface area contributed by atoms with Crippen molar-refractivity contribution in [1.29, 1.82) is 0 Å². The van der Waals surface area contributed by atoms with Crippen LogP contribution in [-0.2, 0) is 5.60 Å². The standard InChI is InChI=1S/C32H49NO3/c1-22-6-7-24(20-28(22)36-19-18-33-16-4-5-17-33)32(35)15-12-23-8-9-25-26-10-11-29(34)30(26,2)14-13-27(25)31(23,3)21-32/h6-7,20,23,25-27,29,34-35H,4-5,8-19,21H2,1-3H3/t23?,25-,26-,27+,29?,30-,31-,32?/m0/s1. The molecule has 1 heterocycles. The predicted octanol–water partition coefficient (Wildman–Crippen LogP) is 6.06. The maximum atomic E-state index is 12.2. The van der Waals surface area contributed by atoms with Gasteiger partial charge in [-0.05, 0) is 142 Å². The lowest BCUT2D eigenvalue weighted by atomic mass is 9.43. The summed E-state index contributed by atoms with van der Waals surface area (Å²) < 4.78 is 6.28. The second kappa shape index (κ2) is 9.27. The van der Waals surface area contributed by atoms with Crippen molar-refractivity contribution in [2.24, 2.45) is 34.5 Å². The summed E-state index contributed by atoms with van der Waals surface area (Å²) in [5.41, 5.74) is 1.74. The largest absolute Gasteiger partial charge is 0.492 e. The third kappa shape index (κ3) is 4.05. The summed E-state index contributed by atoms with van der Waals surface area (Å²) in [4.78, 5) is 2.49. The van der Waals surface area contributed by atoms with Gasteiger partial charge < -0.3 is 14.9 Å². The number of ether oxygens (including phenoxy) is 1. The molecule has 1 saturated heterocycles. The van der Waals surface area contributed by atoms with Crippen LogP contribution >= 0.6 is 0 Å². The van der Waals surface area contributed by atoms with E-state index in [-0.39, 0.29) is 16.9 Å². The first-order chi connectivity index (χ1) is 17.2. The Balaban J connectivity index is 1.21. The molecule has 2 N–H and O–H groups in total. The molecule has 1 aromatic rings. The van der Waals surface area contributed by atoms with Gasteiger partial charge in [-0.1, -0.05) is 26.0 Å². The van der Waals surface area contributed by atoms with Crippen LogP contribution in [0, 0.1) is 41.4 Å². The fraction of sp³-hybridized carbons (Fsp3) is 0.812. The molecule has 36 heavy (non-hydrogen) atoms. The lowest BCUT2D eigenvalue weighted by molar-refractivity contribution is -0.165. The molecule has 5 aliphatic rings. The molecule has 1 aromatic carbocycles. The van der Waals surface area contributed by atoms with Crippen LogP contribution in [0.4, 0.5) is 0 Å². The van der Waals surface area contributed by atoms with E-state index in [0.717, 1.165) is 68.1 Å². The van der Waals surface area contributed by atoms with E-state index in [1.807, 2.05) is 0 Å². The van der Waals surface area contributed by atoms with Crippen LogP contribution in [0.1, 0.15) is 95.6 Å². The van der Waals surface area contributed by atoms with Gasteiger partial charge in [0.05, 0.1) is 11.7 Å². The summed E-state index contributed by atoms with van der Waals surface area (Å²) >= 11 is 0. The second-order valence-corrected chi connectivity index (χ2v) is 13.9. The topological polar surface area (TPSA) is 52.9 Å². The average molecular weight is 496 g/mol. The molecular weight excluding hydrogens is 446 g/mol. The monoisotopic (exact) mass is 495 g/mol. The predicted molar refractivity (Wildman–Crippen MR) is 144 cm³/mol. The second-order valence-electron chi connectivity index (χ2n) is 13.9. The van der Waals surface area contributed by atoms with E-state index < -0.39 is 5.60 Å². The van der Waals surface area contributed by atoms with E-state index in [0.29, 0.717) is 17.8 Å². The fourth-order valence-corrected chi connectivity index (χ4v) is 9.97. The van der Waals surface area contributed by atoms with Crippen LogP contribution in [-0.4, -0.2) is 47.5 Å². The van der Waals surface area contributed by atoms with Crippen molar-refractivity contribution in [3.05, 3.63) is 29.3 Å². The van der Waals surface area contributed by atoms with Crippen molar-refractivity contribution in [2.75, 3.05) is 26.2 Å². The molecular formula is C32H49NO3. The SMILES string of the molecule is Cc1ccc(C2(O)CCC3CC[C@@H]4[C@@H](CC[C@]5(C)C(O)CC[C@@H]45)[C@@]3(C)C2)cc1OCCN1CCCC1. The van der Waals surface area contributed by atoms with Gasteiger partial charge in [0.1, 0.15) is 12.4 Å². The Hall–Kier alpha value is -1.10. The van der Waals surface area contributed by atoms with Crippen LogP contribution in [0.2, 0.25) is 0 Å². The van der Waals surface area contributed by atoms with Gasteiger partial charge in [0.15, 0.2) is 0 Å². The van der Waals surface area contributed by atoms with Gasteiger partial charge in [0.25, 0.3) is 0 Å². The highest BCUT2D eigenvalue weighted by atomic mass is 16.5. The van der Waals surface area contributed by atoms with Crippen LogP contribution in [0.25, 0.3) is 0 Å². The zero-order chi connectivity index (χ0) is 25.1. The number of rotatable bonds is 5. The van der Waals surface area contributed by atoms with E-state index in [1.165, 1.54) is 51.6 Å². The van der Waals surface area contributed by atoms with Crippen LogP contribution < -0.4 is 4.74 Å². The smallest absolute Gasteiger partial charge is 0.122 e. The third-order valence-corrected chi connectivity index (χ3v) is 12.2. The molecule has 4 nitrogen and oxygen atoms in total. The maximum Gasteiger partial charge on any atom is 0.122 e. The van der Waals surface area contributed by atoms with Gasteiger partial charge in [-0.15, -0.1) is 0 Å². The maximum absolute atomic E-state index is 12.2. The Morgan fingerprint density at radius 2 is 1.72 bits per heavy atom. The van der Waals surface area contributed by atoms with E-state index in [2.05, 4.69) is 43.9 Å². The third-order valence-electron chi connectivity index (χ3n) is 12.2. The Kier molecular flexibility index (Phi) is 6.49. The van der Waals surface area contributed by atoms with E-state index in [1.54, 1.807) is 0 Å². The van der Waals surface area contributed by atoms with Crippen molar-refractivity contribution in [3.8, 4) is 5.75 Å². The molecule has 4 saturated carbocycles. The molecule has 6 rings (SSSR count). The summed E-state index contributed by atoms with van der Waals surface area (Å²) in [6, 6.07) is 6.48. The molecule has 1 aliphatic heterocycles. The molecule has 0 radical (unpaired) electrons. The van der Waals surface area contributed by atoms with Crippen LogP contribution in [0.15, 0.2) is 18.2 Å². The molecule has 0 amide bonds. The summed E-state index contributed by atoms with van der Waals surface area (Å²) in [5.74, 6) is 3.72. The minimum Gasteiger partial charge on any atom is -0.492 e.